The molecular formula is C8H13NO3S. The number of nitrogens with zero attached hydrogens (tertiary/aromatic N) is 1. The van der Waals surface area contributed by atoms with Crippen LogP contribution in [0.4, 0.5) is 0 Å². The molecule has 0 saturated carbocycles. The molecule has 0 unspecified atom stereocenters. The van der Waals surface area contributed by atoms with Gasteiger partial charge in [-0.25, -0.2) is 4.79 Å². The third kappa shape index (κ3) is 2.16. The summed E-state index contributed by atoms with van der Waals surface area (Å²) < 4.78 is 4.61. The molecule has 0 aromatic heterocycles. The molecule has 0 spiro atoms. The molecule has 4 nitrogen and oxygen atoms in total. The first-order chi connectivity index (χ1) is 6.06. The van der Waals surface area contributed by atoms with E-state index in [0.29, 0.717) is 18.0 Å². The standard InChI is InChI=1S/C8H13NO3S/c1-5(13)9-4-6(10)3-7(9)8(11)12-2/h6-7,10H,3-4H2,1-2H3/t6-,7-/m0/s1. The minimum absolute atomic E-state index is 0.333. The number of ether oxygens (including phenoxy) is 1. The molecule has 13 heavy (non-hydrogen) atoms. The molecule has 74 valence electrons. The fourth-order valence-electron chi connectivity index (χ4n) is 1.52. The zero-order valence-electron chi connectivity index (χ0n) is 7.69. The topological polar surface area (TPSA) is 49.8 Å². The Balaban J connectivity index is 2.71. The van der Waals surface area contributed by atoms with Gasteiger partial charge < -0.3 is 14.7 Å². The van der Waals surface area contributed by atoms with Gasteiger partial charge in [-0.3, -0.25) is 0 Å². The summed E-state index contributed by atoms with van der Waals surface area (Å²) in [5.74, 6) is -0.333. The van der Waals surface area contributed by atoms with Crippen LogP contribution in [-0.2, 0) is 9.53 Å². The van der Waals surface area contributed by atoms with E-state index in [9.17, 15) is 9.90 Å². The molecule has 1 N–H and O–H groups in total. The number of methoxy groups -OCH3 is 1. The van der Waals surface area contributed by atoms with Crippen molar-refractivity contribution in [1.29, 1.82) is 0 Å². The Morgan fingerprint density at radius 3 is 2.77 bits per heavy atom. The first-order valence-corrected chi connectivity index (χ1v) is 4.50. The average Bonchev–Trinajstić information content (AvgIpc) is 2.46. The van der Waals surface area contributed by atoms with Crippen LogP contribution >= 0.6 is 12.2 Å². The highest BCUT2D eigenvalue weighted by Gasteiger charge is 2.36. The van der Waals surface area contributed by atoms with Crippen molar-refractivity contribution in [1.82, 2.24) is 4.90 Å². The highest BCUT2D eigenvalue weighted by atomic mass is 32.1. The zero-order valence-corrected chi connectivity index (χ0v) is 8.50. The van der Waals surface area contributed by atoms with E-state index in [4.69, 9.17) is 12.2 Å². The molecule has 1 fully saturated rings. The molecule has 1 heterocycles. The number of esters is 1. The lowest BCUT2D eigenvalue weighted by atomic mass is 10.2. The Morgan fingerprint density at radius 1 is 1.69 bits per heavy atom. The third-order valence-electron chi connectivity index (χ3n) is 2.16. The number of carbonyl (C=O) groups excluding carboxylic acids is 1. The molecule has 0 amide bonds. The van der Waals surface area contributed by atoms with Crippen LogP contribution in [0, 0.1) is 0 Å². The Morgan fingerprint density at radius 2 is 2.31 bits per heavy atom. The molecule has 1 saturated heterocycles. The Kier molecular flexibility index (Phi) is 3.22. The molecule has 0 aliphatic carbocycles. The van der Waals surface area contributed by atoms with Crippen molar-refractivity contribution >= 4 is 23.2 Å². The fraction of sp³-hybridized carbons (Fsp3) is 0.750. The maximum absolute atomic E-state index is 11.2. The number of hydrogen-bond acceptors (Lipinski definition) is 4. The van der Waals surface area contributed by atoms with E-state index in [1.54, 1.807) is 11.8 Å². The highest BCUT2D eigenvalue weighted by Crippen LogP contribution is 2.19. The molecule has 5 heteroatoms. The molecule has 0 radical (unpaired) electrons. The van der Waals surface area contributed by atoms with E-state index in [1.807, 2.05) is 0 Å². The normalized spacial score (nSPS) is 27.5. The monoisotopic (exact) mass is 203 g/mol. The summed E-state index contributed by atoms with van der Waals surface area (Å²) in [6.07, 6.45) is -0.0808. The van der Waals surface area contributed by atoms with E-state index in [1.165, 1.54) is 7.11 Å². The van der Waals surface area contributed by atoms with Crippen LogP contribution in [0.2, 0.25) is 0 Å². The van der Waals surface area contributed by atoms with E-state index >= 15 is 0 Å². The minimum atomic E-state index is -0.484. The molecule has 1 aliphatic rings. The summed E-state index contributed by atoms with van der Waals surface area (Å²) in [6, 6.07) is -0.405. The second kappa shape index (κ2) is 4.02. The first kappa shape index (κ1) is 10.4. The van der Waals surface area contributed by atoms with Crippen molar-refractivity contribution in [3.63, 3.8) is 0 Å². The predicted molar refractivity (Wildman–Crippen MR) is 51.4 cm³/mol. The van der Waals surface area contributed by atoms with Crippen LogP contribution in [0.3, 0.4) is 0 Å². The summed E-state index contributed by atoms with van der Waals surface area (Å²) in [5, 5.41) is 9.35. The van der Waals surface area contributed by atoms with Gasteiger partial charge in [-0.1, -0.05) is 12.2 Å². The van der Waals surface area contributed by atoms with Crippen molar-refractivity contribution in [2.75, 3.05) is 13.7 Å². The summed E-state index contributed by atoms with van der Waals surface area (Å²) in [7, 11) is 1.34. The van der Waals surface area contributed by atoms with Crippen LogP contribution < -0.4 is 0 Å². The van der Waals surface area contributed by atoms with E-state index in [2.05, 4.69) is 4.74 Å². The lowest BCUT2D eigenvalue weighted by Gasteiger charge is -2.22. The number of carbonyl (C=O) groups is 1. The maximum Gasteiger partial charge on any atom is 0.328 e. The summed E-state index contributed by atoms with van der Waals surface area (Å²) in [4.78, 5) is 13.6. The average molecular weight is 203 g/mol. The van der Waals surface area contributed by atoms with Crippen LogP contribution in [0.5, 0.6) is 0 Å². The molecule has 1 rings (SSSR count). The Labute approximate surface area is 82.5 Å². The zero-order chi connectivity index (χ0) is 10.0. The van der Waals surface area contributed by atoms with Gasteiger partial charge in [0.05, 0.1) is 18.2 Å². The van der Waals surface area contributed by atoms with E-state index < -0.39 is 12.1 Å². The number of rotatable bonds is 1. The number of likely N-dealkylation sites (tertiary alicyclic amines) is 1. The van der Waals surface area contributed by atoms with Gasteiger partial charge in [-0.15, -0.1) is 0 Å². The largest absolute Gasteiger partial charge is 0.467 e. The van der Waals surface area contributed by atoms with Crippen molar-refractivity contribution in [3.05, 3.63) is 0 Å². The molecule has 0 bridgehead atoms. The number of aliphatic hydroxyl groups is 1. The number of thiocarbonyl (C=S) groups is 1. The van der Waals surface area contributed by atoms with Gasteiger partial charge in [-0.05, 0) is 6.92 Å². The fourth-order valence-corrected chi connectivity index (χ4v) is 1.72. The Bertz CT molecular complexity index is 231. The third-order valence-corrected chi connectivity index (χ3v) is 2.39. The van der Waals surface area contributed by atoms with E-state index in [-0.39, 0.29) is 5.97 Å². The number of aliphatic hydroxyl groups excluding tert-OH is 1. The van der Waals surface area contributed by atoms with Gasteiger partial charge in [0.25, 0.3) is 0 Å². The minimum Gasteiger partial charge on any atom is -0.467 e. The molecule has 1 aliphatic heterocycles. The lowest BCUT2D eigenvalue weighted by Crippen LogP contribution is -2.39. The van der Waals surface area contributed by atoms with Crippen molar-refractivity contribution in [3.8, 4) is 0 Å². The molecule has 0 aromatic rings. The van der Waals surface area contributed by atoms with Crippen molar-refractivity contribution < 1.29 is 14.6 Å². The smallest absolute Gasteiger partial charge is 0.328 e. The van der Waals surface area contributed by atoms with E-state index in [0.717, 1.165) is 0 Å². The second-order valence-corrected chi connectivity index (χ2v) is 3.69. The molecule has 2 atom stereocenters. The quantitative estimate of drug-likeness (QED) is 0.478. The van der Waals surface area contributed by atoms with Crippen LogP contribution in [0.15, 0.2) is 0 Å². The van der Waals surface area contributed by atoms with Gasteiger partial charge in [-0.2, -0.15) is 0 Å². The maximum atomic E-state index is 11.2. The van der Waals surface area contributed by atoms with Crippen LogP contribution in [0.25, 0.3) is 0 Å². The highest BCUT2D eigenvalue weighted by molar-refractivity contribution is 7.80. The van der Waals surface area contributed by atoms with Crippen LogP contribution in [-0.4, -0.2) is 46.8 Å². The van der Waals surface area contributed by atoms with Crippen molar-refractivity contribution in [2.45, 2.75) is 25.5 Å². The predicted octanol–water partition coefficient (Wildman–Crippen LogP) is -0.0581. The van der Waals surface area contributed by atoms with Crippen LogP contribution in [0.1, 0.15) is 13.3 Å². The van der Waals surface area contributed by atoms with Gasteiger partial charge in [0.1, 0.15) is 6.04 Å². The number of β-amino-alcohol motifs (C(OH)–C–C–N with tert-alkyl or cyclic N) is 1. The number of hydrogen-bond donors (Lipinski definition) is 1. The molecular weight excluding hydrogens is 190 g/mol. The van der Waals surface area contributed by atoms with Gasteiger partial charge in [0.2, 0.25) is 0 Å². The first-order valence-electron chi connectivity index (χ1n) is 4.09. The van der Waals surface area contributed by atoms with Gasteiger partial charge in [0, 0.05) is 13.0 Å². The van der Waals surface area contributed by atoms with Crippen molar-refractivity contribution in [2.24, 2.45) is 0 Å². The summed E-state index contributed by atoms with van der Waals surface area (Å²) in [5.41, 5.74) is 0. The summed E-state index contributed by atoms with van der Waals surface area (Å²) in [6.45, 7) is 2.17. The second-order valence-electron chi connectivity index (χ2n) is 3.10. The molecule has 0 aromatic carbocycles. The summed E-state index contributed by atoms with van der Waals surface area (Å²) >= 11 is 4.96. The van der Waals surface area contributed by atoms with Gasteiger partial charge in [0.15, 0.2) is 0 Å². The van der Waals surface area contributed by atoms with Gasteiger partial charge >= 0.3 is 5.97 Å². The SMILES string of the molecule is COC(=O)[C@@H]1C[C@H](O)CN1C(C)=S. The lowest BCUT2D eigenvalue weighted by molar-refractivity contribution is -0.144. The Hall–Kier alpha value is -0.680.